The quantitative estimate of drug-likeness (QED) is 0.837. The number of nitrogens with two attached hydrogens (primary N) is 1. The summed E-state index contributed by atoms with van der Waals surface area (Å²) in [5, 5.41) is 2.93. The Morgan fingerprint density at radius 1 is 1.45 bits per heavy atom. The van der Waals surface area contributed by atoms with E-state index >= 15 is 0 Å². The van der Waals surface area contributed by atoms with Crippen molar-refractivity contribution >= 4 is 16.9 Å². The Kier molecular flexibility index (Phi) is 4.74. The molecule has 2 rings (SSSR count). The zero-order valence-corrected chi connectivity index (χ0v) is 12.1. The Labute approximate surface area is 119 Å². The molecule has 0 aliphatic carbocycles. The van der Waals surface area contributed by atoms with Crippen molar-refractivity contribution in [2.24, 2.45) is 11.7 Å². The highest BCUT2D eigenvalue weighted by atomic mass is 16.1. The van der Waals surface area contributed by atoms with Crippen LogP contribution in [-0.2, 0) is 11.3 Å². The second-order valence-electron chi connectivity index (χ2n) is 5.19. The predicted molar refractivity (Wildman–Crippen MR) is 80.3 cm³/mol. The topological polar surface area (TPSA) is 72.9 Å². The van der Waals surface area contributed by atoms with Crippen LogP contribution in [-0.4, -0.2) is 28.5 Å². The Morgan fingerprint density at radius 3 is 2.95 bits per heavy atom. The lowest BCUT2D eigenvalue weighted by atomic mass is 10.1. The summed E-state index contributed by atoms with van der Waals surface area (Å²) < 4.78 is 2.13. The van der Waals surface area contributed by atoms with Crippen LogP contribution in [0.25, 0.3) is 11.0 Å². The maximum atomic E-state index is 11.7. The van der Waals surface area contributed by atoms with Gasteiger partial charge in [-0.2, -0.15) is 0 Å². The lowest BCUT2D eigenvalue weighted by Crippen LogP contribution is -2.30. The monoisotopic (exact) mass is 274 g/mol. The van der Waals surface area contributed by atoms with E-state index in [4.69, 9.17) is 5.73 Å². The molecule has 1 aromatic carbocycles. The van der Waals surface area contributed by atoms with Crippen LogP contribution < -0.4 is 11.1 Å². The zero-order valence-electron chi connectivity index (χ0n) is 12.1. The fraction of sp³-hybridized carbons (Fsp3) is 0.467. The molecule has 2 aromatic rings. The second-order valence-corrected chi connectivity index (χ2v) is 5.19. The molecule has 0 saturated carbocycles. The lowest BCUT2D eigenvalue weighted by molar-refractivity contribution is -0.121. The van der Waals surface area contributed by atoms with Gasteiger partial charge in [0.05, 0.1) is 11.0 Å². The molecule has 0 aliphatic heterocycles. The summed E-state index contributed by atoms with van der Waals surface area (Å²) in [5.74, 6) is 1.26. The van der Waals surface area contributed by atoms with Crippen LogP contribution in [0.1, 0.15) is 19.2 Å². The molecule has 1 amide bonds. The highest BCUT2D eigenvalue weighted by molar-refractivity contribution is 5.77. The predicted octanol–water partition coefficient (Wildman–Crippen LogP) is 1.45. The van der Waals surface area contributed by atoms with Gasteiger partial charge in [0, 0.05) is 19.5 Å². The van der Waals surface area contributed by atoms with E-state index in [1.54, 1.807) is 0 Å². The molecule has 1 unspecified atom stereocenters. The third-order valence-corrected chi connectivity index (χ3v) is 3.44. The van der Waals surface area contributed by atoms with E-state index in [-0.39, 0.29) is 11.8 Å². The number of nitrogens with zero attached hydrogens (tertiary/aromatic N) is 2. The number of hydrogen-bond acceptors (Lipinski definition) is 3. The van der Waals surface area contributed by atoms with Crippen LogP contribution >= 0.6 is 0 Å². The minimum atomic E-state index is 0.0602. The summed E-state index contributed by atoms with van der Waals surface area (Å²) in [7, 11) is 0. The Hall–Kier alpha value is -1.88. The SMILES string of the molecule is Cc1nc2ccccc2n1CCNC(=O)CC(C)CN. The van der Waals surface area contributed by atoms with Crippen LogP contribution in [0.2, 0.25) is 0 Å². The van der Waals surface area contributed by atoms with Crippen molar-refractivity contribution in [1.82, 2.24) is 14.9 Å². The number of carbonyl (C=O) groups excluding carboxylic acids is 1. The van der Waals surface area contributed by atoms with E-state index in [1.165, 1.54) is 0 Å². The van der Waals surface area contributed by atoms with Gasteiger partial charge in [0.1, 0.15) is 5.82 Å². The third kappa shape index (κ3) is 3.36. The highest BCUT2D eigenvalue weighted by Crippen LogP contribution is 2.14. The van der Waals surface area contributed by atoms with Crippen LogP contribution in [0, 0.1) is 12.8 Å². The standard InChI is InChI=1S/C15H22N4O/c1-11(10-16)9-15(20)17-7-8-19-12(2)18-13-5-3-4-6-14(13)19/h3-6,11H,7-10,16H2,1-2H3,(H,17,20). The van der Waals surface area contributed by atoms with E-state index < -0.39 is 0 Å². The van der Waals surface area contributed by atoms with E-state index in [0.717, 1.165) is 23.4 Å². The van der Waals surface area contributed by atoms with Crippen LogP contribution in [0.4, 0.5) is 0 Å². The van der Waals surface area contributed by atoms with E-state index in [2.05, 4.69) is 14.9 Å². The van der Waals surface area contributed by atoms with Gasteiger partial charge in [0.15, 0.2) is 0 Å². The fourth-order valence-electron chi connectivity index (χ4n) is 2.26. The van der Waals surface area contributed by atoms with Gasteiger partial charge >= 0.3 is 0 Å². The Morgan fingerprint density at radius 2 is 2.20 bits per heavy atom. The van der Waals surface area contributed by atoms with Crippen molar-refractivity contribution in [1.29, 1.82) is 0 Å². The summed E-state index contributed by atoms with van der Waals surface area (Å²) in [5.41, 5.74) is 7.62. The zero-order chi connectivity index (χ0) is 14.5. The first kappa shape index (κ1) is 14.5. The third-order valence-electron chi connectivity index (χ3n) is 3.44. The molecule has 0 radical (unpaired) electrons. The van der Waals surface area contributed by atoms with E-state index in [9.17, 15) is 4.79 Å². The molecule has 0 saturated heterocycles. The van der Waals surface area contributed by atoms with Gasteiger partial charge in [0.2, 0.25) is 5.91 Å². The first-order valence-electron chi connectivity index (χ1n) is 7.00. The van der Waals surface area contributed by atoms with Gasteiger partial charge < -0.3 is 15.6 Å². The molecule has 1 aromatic heterocycles. The molecule has 20 heavy (non-hydrogen) atoms. The van der Waals surface area contributed by atoms with Gasteiger partial charge in [0.25, 0.3) is 0 Å². The number of para-hydroxylation sites is 2. The van der Waals surface area contributed by atoms with Crippen molar-refractivity contribution in [2.45, 2.75) is 26.8 Å². The normalized spacial score (nSPS) is 12.6. The summed E-state index contributed by atoms with van der Waals surface area (Å²) in [6.07, 6.45) is 0.486. The molecular formula is C15H22N4O. The maximum Gasteiger partial charge on any atom is 0.220 e. The number of benzene rings is 1. The first-order valence-corrected chi connectivity index (χ1v) is 7.00. The summed E-state index contributed by atoms with van der Waals surface area (Å²) >= 11 is 0. The van der Waals surface area contributed by atoms with Gasteiger partial charge in [-0.3, -0.25) is 4.79 Å². The van der Waals surface area contributed by atoms with E-state index in [1.807, 2.05) is 38.1 Å². The van der Waals surface area contributed by atoms with Crippen molar-refractivity contribution in [3.8, 4) is 0 Å². The van der Waals surface area contributed by atoms with Crippen molar-refractivity contribution < 1.29 is 4.79 Å². The summed E-state index contributed by atoms with van der Waals surface area (Å²) in [6.45, 7) is 5.84. The van der Waals surface area contributed by atoms with Gasteiger partial charge in [-0.05, 0) is 31.5 Å². The molecular weight excluding hydrogens is 252 g/mol. The number of imidazole rings is 1. The smallest absolute Gasteiger partial charge is 0.220 e. The lowest BCUT2D eigenvalue weighted by Gasteiger charge is -2.10. The molecule has 0 aliphatic rings. The van der Waals surface area contributed by atoms with E-state index in [0.29, 0.717) is 19.5 Å². The minimum Gasteiger partial charge on any atom is -0.354 e. The summed E-state index contributed by atoms with van der Waals surface area (Å²) in [4.78, 5) is 16.2. The average molecular weight is 274 g/mol. The molecule has 0 bridgehead atoms. The van der Waals surface area contributed by atoms with Gasteiger partial charge in [-0.1, -0.05) is 19.1 Å². The number of fused-ring (bicyclic) bond motifs is 1. The molecule has 108 valence electrons. The largest absolute Gasteiger partial charge is 0.354 e. The molecule has 0 spiro atoms. The van der Waals surface area contributed by atoms with Crippen LogP contribution in [0.15, 0.2) is 24.3 Å². The Balaban J connectivity index is 1.93. The number of nitrogens with one attached hydrogen (secondary N) is 1. The van der Waals surface area contributed by atoms with Crippen LogP contribution in [0.3, 0.4) is 0 Å². The molecule has 1 atom stereocenters. The van der Waals surface area contributed by atoms with Crippen molar-refractivity contribution in [3.63, 3.8) is 0 Å². The molecule has 5 nitrogen and oxygen atoms in total. The minimum absolute atomic E-state index is 0.0602. The average Bonchev–Trinajstić information content (AvgIpc) is 2.75. The number of amides is 1. The molecule has 5 heteroatoms. The van der Waals surface area contributed by atoms with Crippen molar-refractivity contribution in [2.75, 3.05) is 13.1 Å². The number of carbonyl (C=O) groups is 1. The number of aromatic nitrogens is 2. The second kappa shape index (κ2) is 6.52. The van der Waals surface area contributed by atoms with Crippen molar-refractivity contribution in [3.05, 3.63) is 30.1 Å². The maximum absolute atomic E-state index is 11.7. The Bertz CT molecular complexity index is 591. The number of aryl methyl sites for hydroxylation is 1. The molecule has 0 fully saturated rings. The molecule has 3 N–H and O–H groups in total. The fourth-order valence-corrected chi connectivity index (χ4v) is 2.26. The van der Waals surface area contributed by atoms with Gasteiger partial charge in [-0.25, -0.2) is 4.98 Å². The van der Waals surface area contributed by atoms with Crippen LogP contribution in [0.5, 0.6) is 0 Å². The number of hydrogen-bond donors (Lipinski definition) is 2. The highest BCUT2D eigenvalue weighted by Gasteiger charge is 2.09. The molecule has 1 heterocycles. The summed E-state index contributed by atoms with van der Waals surface area (Å²) in [6, 6.07) is 8.03. The number of rotatable bonds is 6. The first-order chi connectivity index (χ1) is 9.61. The van der Waals surface area contributed by atoms with Gasteiger partial charge in [-0.15, -0.1) is 0 Å².